The molecule has 1 heterocycles. The average molecular weight is 407 g/mol. The van der Waals surface area contributed by atoms with Gasteiger partial charge >= 0.3 is 11.7 Å². The Labute approximate surface area is 177 Å². The minimum atomic E-state index is -0.936. The second-order valence-electron chi connectivity index (χ2n) is 7.70. The van der Waals surface area contributed by atoms with Crippen molar-refractivity contribution in [3.63, 3.8) is 0 Å². The third kappa shape index (κ3) is 4.40. The minimum absolute atomic E-state index is 0.0563. The predicted molar refractivity (Wildman–Crippen MR) is 120 cm³/mol. The van der Waals surface area contributed by atoms with Crippen LogP contribution in [0.1, 0.15) is 60.4 Å². The van der Waals surface area contributed by atoms with Crippen LogP contribution < -0.4 is 5.69 Å². The summed E-state index contributed by atoms with van der Waals surface area (Å²) in [6.07, 6.45) is 3.97. The lowest BCUT2D eigenvalue weighted by Gasteiger charge is -2.10. The molecule has 0 spiro atoms. The molecule has 0 aliphatic rings. The molecule has 0 aliphatic carbocycles. The molecular weight excluding hydrogens is 376 g/mol. The van der Waals surface area contributed by atoms with Gasteiger partial charge in [-0.2, -0.15) is 0 Å². The van der Waals surface area contributed by atoms with Crippen LogP contribution in [0.3, 0.4) is 0 Å². The van der Waals surface area contributed by atoms with E-state index >= 15 is 0 Å². The zero-order valence-corrected chi connectivity index (χ0v) is 18.0. The Balaban J connectivity index is 1.93. The van der Waals surface area contributed by atoms with Crippen LogP contribution in [0.5, 0.6) is 0 Å². The largest absolute Gasteiger partial charge is 0.478 e. The number of imidazole rings is 1. The minimum Gasteiger partial charge on any atom is -0.478 e. The summed E-state index contributed by atoms with van der Waals surface area (Å²) in [5.74, 6) is -0.936. The van der Waals surface area contributed by atoms with Gasteiger partial charge < -0.3 is 5.11 Å². The standard InChI is InChI=1S/C25H30N2O3/c1-4-6-11-23-18(3)26(16-5-2)25(30)27(23)17-19-12-14-20(15-13-19)21-9-7-8-10-22(21)24(28)29/h7-10,12-15H,4-6,11,16-17H2,1-3H3,(H,28,29). The Hall–Kier alpha value is -3.08. The summed E-state index contributed by atoms with van der Waals surface area (Å²) in [7, 11) is 0. The summed E-state index contributed by atoms with van der Waals surface area (Å²) in [5, 5.41) is 9.44. The van der Waals surface area contributed by atoms with Crippen LogP contribution in [0.15, 0.2) is 53.3 Å². The van der Waals surface area contributed by atoms with Gasteiger partial charge in [0.25, 0.3) is 0 Å². The van der Waals surface area contributed by atoms with Crippen molar-refractivity contribution in [3.05, 3.63) is 81.5 Å². The number of rotatable bonds is 9. The molecule has 0 aliphatic heterocycles. The maximum Gasteiger partial charge on any atom is 0.336 e. The lowest BCUT2D eigenvalue weighted by Crippen LogP contribution is -2.26. The fraction of sp³-hybridized carbons (Fsp3) is 0.360. The molecule has 2 aromatic carbocycles. The molecule has 0 unspecified atom stereocenters. The van der Waals surface area contributed by atoms with Crippen molar-refractivity contribution in [2.75, 3.05) is 0 Å². The highest BCUT2D eigenvalue weighted by atomic mass is 16.4. The molecule has 0 amide bonds. The van der Waals surface area contributed by atoms with E-state index < -0.39 is 5.97 Å². The molecule has 1 aromatic heterocycles. The van der Waals surface area contributed by atoms with Crippen molar-refractivity contribution in [2.45, 2.75) is 59.5 Å². The Bertz CT molecular complexity index is 1070. The number of carbonyl (C=O) groups is 1. The van der Waals surface area contributed by atoms with Gasteiger partial charge in [0, 0.05) is 17.9 Å². The first-order valence-electron chi connectivity index (χ1n) is 10.7. The summed E-state index contributed by atoms with van der Waals surface area (Å²) in [5.41, 5.74) is 5.12. The molecular formula is C25H30N2O3. The fourth-order valence-electron chi connectivity index (χ4n) is 3.96. The van der Waals surface area contributed by atoms with Crippen molar-refractivity contribution in [2.24, 2.45) is 0 Å². The van der Waals surface area contributed by atoms with Gasteiger partial charge in [-0.25, -0.2) is 9.59 Å². The summed E-state index contributed by atoms with van der Waals surface area (Å²) in [4.78, 5) is 24.5. The molecule has 0 saturated carbocycles. The number of nitrogens with zero attached hydrogens (tertiary/aromatic N) is 2. The number of aromatic nitrogens is 2. The van der Waals surface area contributed by atoms with Crippen molar-refractivity contribution in [1.82, 2.24) is 9.13 Å². The van der Waals surface area contributed by atoms with Gasteiger partial charge in [0.05, 0.1) is 12.1 Å². The molecule has 0 fully saturated rings. The van der Waals surface area contributed by atoms with Gasteiger partial charge in [0.15, 0.2) is 0 Å². The Morgan fingerprint density at radius 3 is 2.30 bits per heavy atom. The van der Waals surface area contributed by atoms with E-state index in [0.29, 0.717) is 12.1 Å². The zero-order valence-electron chi connectivity index (χ0n) is 18.0. The van der Waals surface area contributed by atoms with E-state index in [-0.39, 0.29) is 11.3 Å². The van der Waals surface area contributed by atoms with Gasteiger partial charge in [-0.15, -0.1) is 0 Å². The molecule has 3 aromatic rings. The van der Waals surface area contributed by atoms with Crippen LogP contribution in [0, 0.1) is 6.92 Å². The third-order valence-corrected chi connectivity index (χ3v) is 5.59. The van der Waals surface area contributed by atoms with Crippen molar-refractivity contribution in [3.8, 4) is 11.1 Å². The first kappa shape index (κ1) is 21.6. The topological polar surface area (TPSA) is 64.2 Å². The van der Waals surface area contributed by atoms with Crippen LogP contribution in [0.2, 0.25) is 0 Å². The lowest BCUT2D eigenvalue weighted by molar-refractivity contribution is 0.0697. The Morgan fingerprint density at radius 2 is 1.67 bits per heavy atom. The highest BCUT2D eigenvalue weighted by Gasteiger charge is 2.16. The average Bonchev–Trinajstić information content (AvgIpc) is 2.97. The maximum atomic E-state index is 13.0. The van der Waals surface area contributed by atoms with Gasteiger partial charge in [0.1, 0.15) is 0 Å². The molecule has 30 heavy (non-hydrogen) atoms. The Kier molecular flexibility index (Phi) is 6.93. The van der Waals surface area contributed by atoms with Crippen LogP contribution in [0.25, 0.3) is 11.1 Å². The molecule has 0 radical (unpaired) electrons. The zero-order chi connectivity index (χ0) is 21.7. The molecule has 5 nitrogen and oxygen atoms in total. The second-order valence-corrected chi connectivity index (χ2v) is 7.70. The monoisotopic (exact) mass is 406 g/mol. The van der Waals surface area contributed by atoms with E-state index in [1.807, 2.05) is 52.5 Å². The van der Waals surface area contributed by atoms with Gasteiger partial charge in [-0.05, 0) is 48.9 Å². The fourth-order valence-corrected chi connectivity index (χ4v) is 3.96. The van der Waals surface area contributed by atoms with Crippen LogP contribution in [-0.4, -0.2) is 20.2 Å². The normalized spacial score (nSPS) is 11.0. The highest BCUT2D eigenvalue weighted by Crippen LogP contribution is 2.24. The molecule has 0 bridgehead atoms. The summed E-state index contributed by atoms with van der Waals surface area (Å²) in [6.45, 7) is 7.56. The molecule has 5 heteroatoms. The number of aromatic carboxylic acids is 1. The van der Waals surface area contributed by atoms with Crippen molar-refractivity contribution in [1.29, 1.82) is 0 Å². The second kappa shape index (κ2) is 9.61. The molecule has 0 atom stereocenters. The summed E-state index contributed by atoms with van der Waals surface area (Å²) < 4.78 is 3.79. The van der Waals surface area contributed by atoms with E-state index in [1.165, 1.54) is 0 Å². The van der Waals surface area contributed by atoms with Crippen molar-refractivity contribution < 1.29 is 9.90 Å². The van der Waals surface area contributed by atoms with E-state index in [2.05, 4.69) is 13.8 Å². The summed E-state index contributed by atoms with van der Waals surface area (Å²) in [6, 6.07) is 14.8. The van der Waals surface area contributed by atoms with E-state index in [9.17, 15) is 14.7 Å². The van der Waals surface area contributed by atoms with E-state index in [1.54, 1.807) is 12.1 Å². The number of unbranched alkanes of at least 4 members (excludes halogenated alkanes) is 1. The smallest absolute Gasteiger partial charge is 0.336 e. The number of benzene rings is 2. The summed E-state index contributed by atoms with van der Waals surface area (Å²) >= 11 is 0. The molecule has 3 rings (SSSR count). The molecule has 1 N–H and O–H groups in total. The number of carboxylic acids is 1. The molecule has 0 saturated heterocycles. The van der Waals surface area contributed by atoms with Gasteiger partial charge in [0.2, 0.25) is 0 Å². The molecule has 158 valence electrons. The lowest BCUT2D eigenvalue weighted by atomic mass is 9.99. The van der Waals surface area contributed by atoms with E-state index in [0.717, 1.165) is 54.7 Å². The van der Waals surface area contributed by atoms with Crippen LogP contribution in [-0.2, 0) is 19.5 Å². The first-order chi connectivity index (χ1) is 14.5. The highest BCUT2D eigenvalue weighted by molar-refractivity contribution is 5.95. The maximum absolute atomic E-state index is 13.0. The Morgan fingerprint density at radius 1 is 0.967 bits per heavy atom. The van der Waals surface area contributed by atoms with Crippen LogP contribution in [0.4, 0.5) is 0 Å². The van der Waals surface area contributed by atoms with Gasteiger partial charge in [-0.1, -0.05) is 62.7 Å². The van der Waals surface area contributed by atoms with Gasteiger partial charge in [-0.3, -0.25) is 9.13 Å². The third-order valence-electron chi connectivity index (χ3n) is 5.59. The quantitative estimate of drug-likeness (QED) is 0.536. The van der Waals surface area contributed by atoms with E-state index in [4.69, 9.17) is 0 Å². The first-order valence-corrected chi connectivity index (χ1v) is 10.7. The van der Waals surface area contributed by atoms with Crippen LogP contribution >= 0.6 is 0 Å². The number of carboxylic acid groups (broad SMARTS) is 1. The number of hydrogen-bond donors (Lipinski definition) is 1. The SMILES string of the molecule is CCCCc1c(C)n(CCC)c(=O)n1Cc1ccc(-c2ccccc2C(=O)O)cc1. The number of hydrogen-bond acceptors (Lipinski definition) is 2. The van der Waals surface area contributed by atoms with Crippen molar-refractivity contribution >= 4 is 5.97 Å². The predicted octanol–water partition coefficient (Wildman–Crippen LogP) is 5.12.